The Hall–Kier alpha value is -3.75. The van der Waals surface area contributed by atoms with E-state index in [1.165, 1.54) is 19.2 Å². The fraction of sp³-hybridized carbons (Fsp3) is 0.333. The minimum atomic E-state index is -4.68. The van der Waals surface area contributed by atoms with Gasteiger partial charge in [-0.15, -0.1) is 0 Å². The molecule has 1 N–H and O–H groups in total. The molecule has 0 aliphatic carbocycles. The van der Waals surface area contributed by atoms with Gasteiger partial charge in [0.1, 0.15) is 18.3 Å². The third-order valence-electron chi connectivity index (χ3n) is 5.69. The van der Waals surface area contributed by atoms with Crippen LogP contribution in [-0.2, 0) is 16.1 Å². The Morgan fingerprint density at radius 1 is 1.08 bits per heavy atom. The number of halogens is 3. The molecule has 1 heterocycles. The number of alkyl halides is 3. The number of benzene rings is 2. The van der Waals surface area contributed by atoms with Crippen molar-refractivity contribution in [3.8, 4) is 5.75 Å². The van der Waals surface area contributed by atoms with Crippen LogP contribution >= 0.6 is 0 Å². The van der Waals surface area contributed by atoms with Gasteiger partial charge in [-0.2, -0.15) is 13.2 Å². The van der Waals surface area contributed by atoms with Crippen LogP contribution in [0.2, 0.25) is 0 Å². The minimum absolute atomic E-state index is 0.120. The number of methoxy groups -OCH3 is 1. The van der Waals surface area contributed by atoms with Gasteiger partial charge in [-0.25, -0.2) is 0 Å². The van der Waals surface area contributed by atoms with E-state index in [1.54, 1.807) is 36.4 Å². The lowest BCUT2D eigenvalue weighted by molar-refractivity contribution is -0.169. The smallest absolute Gasteiger partial charge is 0.406 e. The van der Waals surface area contributed by atoms with E-state index in [4.69, 9.17) is 4.74 Å². The molecule has 0 bridgehead atoms. The molecule has 2 aromatic carbocycles. The number of nitrogens with one attached hydrogen (secondary N) is 1. The molecule has 192 valence electrons. The minimum Gasteiger partial charge on any atom is -0.497 e. The molecule has 0 saturated carbocycles. The lowest BCUT2D eigenvalue weighted by Gasteiger charge is -2.32. The maximum Gasteiger partial charge on any atom is 0.406 e. The molecule has 0 radical (unpaired) electrons. The molecule has 2 aromatic rings. The van der Waals surface area contributed by atoms with Gasteiger partial charge in [0.15, 0.2) is 0 Å². The Kier molecular flexibility index (Phi) is 9.55. The van der Waals surface area contributed by atoms with Crippen molar-refractivity contribution in [3.63, 3.8) is 0 Å². The Balaban J connectivity index is 1.82. The van der Waals surface area contributed by atoms with Crippen molar-refractivity contribution in [2.45, 2.75) is 31.6 Å². The van der Waals surface area contributed by atoms with Gasteiger partial charge in [-0.1, -0.05) is 54.6 Å². The largest absolute Gasteiger partial charge is 0.497 e. The van der Waals surface area contributed by atoms with Crippen molar-refractivity contribution < 1.29 is 27.5 Å². The van der Waals surface area contributed by atoms with Crippen LogP contribution in [-0.4, -0.2) is 54.5 Å². The fourth-order valence-electron chi connectivity index (χ4n) is 3.91. The van der Waals surface area contributed by atoms with Crippen molar-refractivity contribution in [1.29, 1.82) is 0 Å². The molecule has 0 spiro atoms. The van der Waals surface area contributed by atoms with Crippen LogP contribution in [0.25, 0.3) is 0 Å². The highest BCUT2D eigenvalue weighted by Gasteiger charge is 2.39. The Morgan fingerprint density at radius 3 is 2.42 bits per heavy atom. The second-order valence-electron chi connectivity index (χ2n) is 8.38. The van der Waals surface area contributed by atoms with Crippen molar-refractivity contribution in [2.75, 3.05) is 26.7 Å². The van der Waals surface area contributed by atoms with Gasteiger partial charge in [-0.05, 0) is 42.0 Å². The number of ether oxygens (including phenoxy) is 1. The third kappa shape index (κ3) is 8.18. The van der Waals surface area contributed by atoms with E-state index in [9.17, 15) is 22.8 Å². The zero-order valence-electron chi connectivity index (χ0n) is 20.1. The van der Waals surface area contributed by atoms with Crippen LogP contribution in [0.15, 0.2) is 79.0 Å². The van der Waals surface area contributed by atoms with Crippen molar-refractivity contribution in [2.24, 2.45) is 0 Å². The summed E-state index contributed by atoms with van der Waals surface area (Å²) in [4.78, 5) is 29.0. The monoisotopic (exact) mass is 501 g/mol. The average Bonchev–Trinajstić information content (AvgIpc) is 2.88. The summed E-state index contributed by atoms with van der Waals surface area (Å²) in [5.74, 6) is -0.940. The van der Waals surface area contributed by atoms with Gasteiger partial charge in [0.25, 0.3) is 0 Å². The molecule has 0 saturated heterocycles. The average molecular weight is 502 g/mol. The summed E-state index contributed by atoms with van der Waals surface area (Å²) >= 11 is 0. The van der Waals surface area contributed by atoms with Gasteiger partial charge in [0, 0.05) is 26.1 Å². The summed E-state index contributed by atoms with van der Waals surface area (Å²) in [7, 11) is 1.46. The summed E-state index contributed by atoms with van der Waals surface area (Å²) in [6, 6.07) is 13.7. The summed E-state index contributed by atoms with van der Waals surface area (Å²) < 4.78 is 46.0. The number of carbonyl (C=O) groups is 2. The molecule has 1 unspecified atom stereocenters. The SMILES string of the molecule is COc1ccc(C(C(=O)NCc2ccccc2)N(CC(F)(F)F)C(=O)CCCN2C=CC=CC2)cc1. The summed E-state index contributed by atoms with van der Waals surface area (Å²) in [6.07, 6.45) is 3.14. The number of rotatable bonds is 11. The van der Waals surface area contributed by atoms with E-state index < -0.39 is 30.6 Å². The Labute approximate surface area is 209 Å². The maximum absolute atomic E-state index is 13.6. The highest BCUT2D eigenvalue weighted by atomic mass is 19.4. The molecule has 1 aliphatic heterocycles. The summed E-state index contributed by atoms with van der Waals surface area (Å²) in [5.41, 5.74) is 1.06. The van der Waals surface area contributed by atoms with Crippen LogP contribution in [0.5, 0.6) is 5.75 Å². The predicted octanol–water partition coefficient (Wildman–Crippen LogP) is 4.61. The van der Waals surface area contributed by atoms with Crippen LogP contribution in [0.1, 0.15) is 30.0 Å². The lowest BCUT2D eigenvalue weighted by atomic mass is 10.0. The molecule has 2 amide bonds. The van der Waals surface area contributed by atoms with E-state index >= 15 is 0 Å². The molecule has 0 aromatic heterocycles. The molecule has 1 atom stereocenters. The van der Waals surface area contributed by atoms with Gasteiger partial charge < -0.3 is 19.9 Å². The third-order valence-corrected chi connectivity index (χ3v) is 5.69. The van der Waals surface area contributed by atoms with E-state index in [-0.39, 0.29) is 18.5 Å². The van der Waals surface area contributed by atoms with Crippen molar-refractivity contribution >= 4 is 11.8 Å². The quantitative estimate of drug-likeness (QED) is 0.489. The first kappa shape index (κ1) is 26.8. The first-order valence-electron chi connectivity index (χ1n) is 11.7. The highest BCUT2D eigenvalue weighted by molar-refractivity contribution is 5.88. The molecule has 3 rings (SSSR count). The number of hydrogen-bond acceptors (Lipinski definition) is 4. The Morgan fingerprint density at radius 2 is 1.81 bits per heavy atom. The first-order chi connectivity index (χ1) is 17.3. The van der Waals surface area contributed by atoms with Crippen molar-refractivity contribution in [1.82, 2.24) is 15.1 Å². The van der Waals surface area contributed by atoms with E-state index in [1.807, 2.05) is 35.4 Å². The zero-order chi connectivity index (χ0) is 26.0. The molecular formula is C27H30F3N3O3. The van der Waals surface area contributed by atoms with E-state index in [0.717, 1.165) is 5.56 Å². The molecule has 9 heteroatoms. The molecule has 1 aliphatic rings. The summed E-state index contributed by atoms with van der Waals surface area (Å²) in [6.45, 7) is -0.226. The second kappa shape index (κ2) is 12.8. The van der Waals surface area contributed by atoms with E-state index in [2.05, 4.69) is 5.32 Å². The normalized spacial score (nSPS) is 13.8. The van der Waals surface area contributed by atoms with Gasteiger partial charge in [-0.3, -0.25) is 9.59 Å². The van der Waals surface area contributed by atoms with Crippen LogP contribution in [0, 0.1) is 0 Å². The van der Waals surface area contributed by atoms with E-state index in [0.29, 0.717) is 30.2 Å². The Bertz CT molecular complexity index is 1050. The molecule has 6 nitrogen and oxygen atoms in total. The van der Waals surface area contributed by atoms with Crippen molar-refractivity contribution in [3.05, 3.63) is 90.2 Å². The number of carbonyl (C=O) groups excluding carboxylic acids is 2. The van der Waals surface area contributed by atoms with Crippen LogP contribution in [0.4, 0.5) is 13.2 Å². The fourth-order valence-corrected chi connectivity index (χ4v) is 3.91. The standard InChI is InChI=1S/C27H30F3N3O3/c1-36-23-14-12-22(13-15-23)25(26(35)31-19-21-9-4-2-5-10-21)33(20-27(28,29)30)24(34)11-8-18-32-16-6-3-7-17-32/h2-7,9-10,12-16,25H,8,11,17-20H2,1H3,(H,31,35). The molecule has 36 heavy (non-hydrogen) atoms. The topological polar surface area (TPSA) is 61.9 Å². The number of hydrogen-bond donors (Lipinski definition) is 1. The number of amides is 2. The molecular weight excluding hydrogens is 471 g/mol. The van der Waals surface area contributed by atoms with Crippen LogP contribution in [0.3, 0.4) is 0 Å². The highest BCUT2D eigenvalue weighted by Crippen LogP contribution is 2.29. The first-order valence-corrected chi connectivity index (χ1v) is 11.7. The van der Waals surface area contributed by atoms with Crippen LogP contribution < -0.4 is 10.1 Å². The zero-order valence-corrected chi connectivity index (χ0v) is 20.1. The molecule has 0 fully saturated rings. The predicted molar refractivity (Wildman–Crippen MR) is 131 cm³/mol. The van der Waals surface area contributed by atoms with Gasteiger partial charge >= 0.3 is 6.18 Å². The second-order valence-corrected chi connectivity index (χ2v) is 8.38. The number of nitrogens with zero attached hydrogens (tertiary/aromatic N) is 2. The van der Waals surface area contributed by atoms with Gasteiger partial charge in [0.05, 0.1) is 7.11 Å². The lowest BCUT2D eigenvalue weighted by Crippen LogP contribution is -2.47. The maximum atomic E-state index is 13.6. The van der Waals surface area contributed by atoms with Gasteiger partial charge in [0.2, 0.25) is 11.8 Å². The summed E-state index contributed by atoms with van der Waals surface area (Å²) in [5, 5.41) is 2.70. The number of allylic oxidation sites excluding steroid dienone is 2.